The van der Waals surface area contributed by atoms with Gasteiger partial charge in [-0.1, -0.05) is 0 Å². The summed E-state index contributed by atoms with van der Waals surface area (Å²) in [6.45, 7) is 4.14. The molecular weight excluding hydrogens is 284 g/mol. The molecule has 0 aromatic carbocycles. The molecule has 0 amide bonds. The molecule has 0 saturated carbocycles. The van der Waals surface area contributed by atoms with Gasteiger partial charge in [0, 0.05) is 20.4 Å². The van der Waals surface area contributed by atoms with Gasteiger partial charge in [-0.3, -0.25) is 4.98 Å². The van der Waals surface area contributed by atoms with E-state index in [-0.39, 0.29) is 0 Å². The minimum atomic E-state index is 0.306. The first-order valence-electron chi connectivity index (χ1n) is 5.08. The third kappa shape index (κ3) is 2.83. The number of nitrogens with zero attached hydrogens (tertiary/aromatic N) is 1. The molecule has 1 N–H and O–H groups in total. The highest BCUT2D eigenvalue weighted by molar-refractivity contribution is 9.10. The van der Waals surface area contributed by atoms with Crippen LogP contribution >= 0.6 is 27.3 Å². The van der Waals surface area contributed by atoms with Crippen molar-refractivity contribution < 1.29 is 0 Å². The normalized spacial score (nSPS) is 12.4. The van der Waals surface area contributed by atoms with Crippen molar-refractivity contribution in [1.29, 1.82) is 0 Å². The van der Waals surface area contributed by atoms with Gasteiger partial charge in [-0.25, -0.2) is 0 Å². The molecule has 0 aliphatic carbocycles. The molecule has 16 heavy (non-hydrogen) atoms. The van der Waals surface area contributed by atoms with Crippen molar-refractivity contribution in [3.63, 3.8) is 0 Å². The van der Waals surface area contributed by atoms with Crippen molar-refractivity contribution >= 4 is 33.0 Å². The summed E-state index contributed by atoms with van der Waals surface area (Å²) in [4.78, 5) is 5.58. The zero-order chi connectivity index (χ0) is 11.5. The molecule has 0 saturated heterocycles. The van der Waals surface area contributed by atoms with Gasteiger partial charge in [0.2, 0.25) is 0 Å². The molecule has 2 aromatic rings. The van der Waals surface area contributed by atoms with E-state index in [0.717, 1.165) is 15.9 Å². The highest BCUT2D eigenvalue weighted by atomic mass is 79.9. The average Bonchev–Trinajstić information content (AvgIpc) is 2.68. The SMILES string of the molecule is Cc1ccc(NC(C)c2cc(Br)cs2)cn1. The Hall–Kier alpha value is -0.870. The predicted molar refractivity (Wildman–Crippen MR) is 73.0 cm³/mol. The number of hydrogen-bond donors (Lipinski definition) is 1. The van der Waals surface area contributed by atoms with E-state index in [1.165, 1.54) is 4.88 Å². The minimum Gasteiger partial charge on any atom is -0.376 e. The van der Waals surface area contributed by atoms with Gasteiger partial charge in [0.15, 0.2) is 0 Å². The van der Waals surface area contributed by atoms with Crippen LogP contribution in [0, 0.1) is 6.92 Å². The molecular formula is C12H13BrN2S. The van der Waals surface area contributed by atoms with Crippen LogP contribution in [0.1, 0.15) is 23.5 Å². The zero-order valence-electron chi connectivity index (χ0n) is 9.20. The third-order valence-electron chi connectivity index (χ3n) is 2.31. The number of pyridine rings is 1. The lowest BCUT2D eigenvalue weighted by molar-refractivity contribution is 0.904. The smallest absolute Gasteiger partial charge is 0.0579 e. The monoisotopic (exact) mass is 296 g/mol. The Morgan fingerprint density at radius 2 is 2.25 bits per heavy atom. The maximum Gasteiger partial charge on any atom is 0.0579 e. The summed E-state index contributed by atoms with van der Waals surface area (Å²) in [5.41, 5.74) is 2.10. The lowest BCUT2D eigenvalue weighted by Crippen LogP contribution is -2.04. The molecule has 4 heteroatoms. The number of nitrogens with one attached hydrogen (secondary N) is 1. The molecule has 0 radical (unpaired) electrons. The number of aromatic nitrogens is 1. The summed E-state index contributed by atoms with van der Waals surface area (Å²) in [5.74, 6) is 0. The Morgan fingerprint density at radius 3 is 2.81 bits per heavy atom. The lowest BCUT2D eigenvalue weighted by atomic mass is 10.2. The topological polar surface area (TPSA) is 24.9 Å². The van der Waals surface area contributed by atoms with Crippen LogP contribution in [0.5, 0.6) is 0 Å². The van der Waals surface area contributed by atoms with E-state index in [1.54, 1.807) is 11.3 Å². The first-order chi connectivity index (χ1) is 7.65. The molecule has 0 spiro atoms. The minimum absolute atomic E-state index is 0.306. The Labute approximate surface area is 108 Å². The van der Waals surface area contributed by atoms with Crippen molar-refractivity contribution in [1.82, 2.24) is 4.98 Å². The summed E-state index contributed by atoms with van der Waals surface area (Å²) >= 11 is 5.22. The molecule has 2 nitrogen and oxygen atoms in total. The quantitative estimate of drug-likeness (QED) is 0.909. The van der Waals surface area contributed by atoms with Gasteiger partial charge in [0.05, 0.1) is 17.9 Å². The van der Waals surface area contributed by atoms with E-state index < -0.39 is 0 Å². The largest absolute Gasteiger partial charge is 0.376 e. The molecule has 2 aromatic heterocycles. The van der Waals surface area contributed by atoms with Gasteiger partial charge < -0.3 is 5.32 Å². The number of aryl methyl sites for hydroxylation is 1. The van der Waals surface area contributed by atoms with Crippen molar-refractivity contribution in [2.75, 3.05) is 5.32 Å². The number of rotatable bonds is 3. The van der Waals surface area contributed by atoms with Gasteiger partial charge in [-0.05, 0) is 48.0 Å². The molecule has 0 bridgehead atoms. The summed E-state index contributed by atoms with van der Waals surface area (Å²) in [6.07, 6.45) is 1.87. The fourth-order valence-electron chi connectivity index (χ4n) is 1.43. The number of hydrogen-bond acceptors (Lipinski definition) is 3. The van der Waals surface area contributed by atoms with Gasteiger partial charge in [0.1, 0.15) is 0 Å². The van der Waals surface area contributed by atoms with Gasteiger partial charge in [0.25, 0.3) is 0 Å². The van der Waals surface area contributed by atoms with Crippen LogP contribution in [0.4, 0.5) is 5.69 Å². The first-order valence-corrected chi connectivity index (χ1v) is 6.75. The molecule has 1 atom stereocenters. The fraction of sp³-hybridized carbons (Fsp3) is 0.250. The van der Waals surface area contributed by atoms with Crippen LogP contribution in [0.15, 0.2) is 34.2 Å². The summed E-state index contributed by atoms with van der Waals surface area (Å²) in [7, 11) is 0. The molecule has 84 valence electrons. The molecule has 0 aliphatic rings. The number of halogens is 1. The van der Waals surface area contributed by atoms with Crippen molar-refractivity contribution in [3.8, 4) is 0 Å². The Morgan fingerprint density at radius 1 is 1.44 bits per heavy atom. The first kappa shape index (κ1) is 11.6. The van der Waals surface area contributed by atoms with E-state index in [9.17, 15) is 0 Å². The average molecular weight is 297 g/mol. The number of thiophene rings is 1. The fourth-order valence-corrected chi connectivity index (χ4v) is 2.88. The Kier molecular flexibility index (Phi) is 3.61. The second kappa shape index (κ2) is 4.97. The summed E-state index contributed by atoms with van der Waals surface area (Å²) < 4.78 is 1.14. The molecule has 2 heterocycles. The van der Waals surface area contributed by atoms with E-state index >= 15 is 0 Å². The molecule has 1 unspecified atom stereocenters. The van der Waals surface area contributed by atoms with Crippen LogP contribution in [0.3, 0.4) is 0 Å². The maximum absolute atomic E-state index is 4.26. The Balaban J connectivity index is 2.07. The van der Waals surface area contributed by atoms with Gasteiger partial charge >= 0.3 is 0 Å². The second-order valence-electron chi connectivity index (χ2n) is 3.72. The third-order valence-corrected chi connectivity index (χ3v) is 4.19. The van der Waals surface area contributed by atoms with Crippen LogP contribution < -0.4 is 5.32 Å². The summed E-state index contributed by atoms with van der Waals surface area (Å²) in [6, 6.07) is 6.52. The van der Waals surface area contributed by atoms with Crippen LogP contribution in [-0.4, -0.2) is 4.98 Å². The van der Waals surface area contributed by atoms with Crippen molar-refractivity contribution in [2.24, 2.45) is 0 Å². The molecule has 2 rings (SSSR count). The van der Waals surface area contributed by atoms with Crippen molar-refractivity contribution in [2.45, 2.75) is 19.9 Å². The van der Waals surface area contributed by atoms with Gasteiger partial charge in [-0.2, -0.15) is 0 Å². The van der Waals surface area contributed by atoms with E-state index in [4.69, 9.17) is 0 Å². The summed E-state index contributed by atoms with van der Waals surface area (Å²) in [5, 5.41) is 5.52. The van der Waals surface area contributed by atoms with Crippen LogP contribution in [-0.2, 0) is 0 Å². The predicted octanol–water partition coefficient (Wildman–Crippen LogP) is 4.39. The Bertz CT molecular complexity index is 464. The molecule has 0 fully saturated rings. The van der Waals surface area contributed by atoms with E-state index in [1.807, 2.05) is 19.2 Å². The highest BCUT2D eigenvalue weighted by Gasteiger charge is 2.07. The zero-order valence-corrected chi connectivity index (χ0v) is 11.6. The van der Waals surface area contributed by atoms with Crippen LogP contribution in [0.2, 0.25) is 0 Å². The van der Waals surface area contributed by atoms with Gasteiger partial charge in [-0.15, -0.1) is 11.3 Å². The second-order valence-corrected chi connectivity index (χ2v) is 5.58. The maximum atomic E-state index is 4.26. The van der Waals surface area contributed by atoms with Crippen LogP contribution in [0.25, 0.3) is 0 Å². The van der Waals surface area contributed by atoms with E-state index in [2.05, 4.69) is 50.7 Å². The molecule has 0 aliphatic heterocycles. The highest BCUT2D eigenvalue weighted by Crippen LogP contribution is 2.27. The van der Waals surface area contributed by atoms with Crippen molar-refractivity contribution in [3.05, 3.63) is 44.8 Å². The lowest BCUT2D eigenvalue weighted by Gasteiger charge is -2.13. The standard InChI is InChI=1S/C12H13BrN2S/c1-8-3-4-11(6-14-8)15-9(2)12-5-10(13)7-16-12/h3-7,9,15H,1-2H3. The number of anilines is 1. The van der Waals surface area contributed by atoms with E-state index in [0.29, 0.717) is 6.04 Å².